The highest BCUT2D eigenvalue weighted by Gasteiger charge is 2.23. The third-order valence-electron chi connectivity index (χ3n) is 5.52. The van der Waals surface area contributed by atoms with Crippen LogP contribution in [0.1, 0.15) is 23.2 Å². The minimum Gasteiger partial charge on any atom is -0.369 e. The first-order valence-corrected chi connectivity index (χ1v) is 12.8. The zero-order valence-electron chi connectivity index (χ0n) is 19.3. The van der Waals surface area contributed by atoms with Gasteiger partial charge in [-0.1, -0.05) is 18.2 Å². The topological polar surface area (TPSA) is 143 Å². The largest absolute Gasteiger partial charge is 0.369 e. The van der Waals surface area contributed by atoms with Gasteiger partial charge in [0.2, 0.25) is 5.95 Å². The number of nitrogens with zero attached hydrogens (tertiary/aromatic N) is 3. The highest BCUT2D eigenvalue weighted by atomic mass is 32.2. The summed E-state index contributed by atoms with van der Waals surface area (Å²) in [6.45, 7) is 1.65. The van der Waals surface area contributed by atoms with Crippen molar-refractivity contribution in [2.24, 2.45) is 0 Å². The molecular weight excluding hydrogens is 484 g/mol. The van der Waals surface area contributed by atoms with E-state index in [9.17, 15) is 18.0 Å². The Morgan fingerprint density at radius 1 is 1.00 bits per heavy atom. The summed E-state index contributed by atoms with van der Waals surface area (Å²) in [7, 11) is -3.96. The van der Waals surface area contributed by atoms with E-state index in [1.54, 1.807) is 53.7 Å². The number of sulfonamides is 1. The molecule has 12 heteroatoms. The van der Waals surface area contributed by atoms with Crippen LogP contribution < -0.4 is 20.4 Å². The summed E-state index contributed by atoms with van der Waals surface area (Å²) in [4.78, 5) is 41.2. The lowest BCUT2D eigenvalue weighted by atomic mass is 10.2. The number of hydrogen-bond donors (Lipinski definition) is 3. The van der Waals surface area contributed by atoms with Crippen molar-refractivity contribution < 1.29 is 22.8 Å². The van der Waals surface area contributed by atoms with Gasteiger partial charge in [-0.3, -0.25) is 9.59 Å². The normalized spacial score (nSPS) is 15.3. The summed E-state index contributed by atoms with van der Waals surface area (Å²) in [6.07, 6.45) is 4.14. The predicted octanol–water partition coefficient (Wildman–Crippen LogP) is 1.72. The van der Waals surface area contributed by atoms with E-state index >= 15 is 0 Å². The standard InChI is InChI=1S/C24H26N6O5S/c31-22(35-29-36(33,34)21-5-2-1-3-6-21)11-15-25-23(32)18-7-9-20(10-8-18)30-16-12-19(17-30)28-24-26-13-4-14-27-24/h1-10,13-14,19,29H,11-12,15-17H2,(H,25,32)(H,26,27,28)/t19-/m1/s1. The highest BCUT2D eigenvalue weighted by Crippen LogP contribution is 2.22. The van der Waals surface area contributed by atoms with E-state index in [2.05, 4.69) is 30.3 Å². The molecular formula is C24H26N6O5S. The summed E-state index contributed by atoms with van der Waals surface area (Å²) < 4.78 is 24.1. The van der Waals surface area contributed by atoms with Crippen LogP contribution >= 0.6 is 0 Å². The lowest BCUT2D eigenvalue weighted by Gasteiger charge is -2.19. The van der Waals surface area contributed by atoms with Crippen LogP contribution in [0.25, 0.3) is 0 Å². The zero-order chi connectivity index (χ0) is 25.4. The number of nitrogens with one attached hydrogen (secondary N) is 3. The van der Waals surface area contributed by atoms with Gasteiger partial charge in [-0.25, -0.2) is 18.4 Å². The second-order valence-corrected chi connectivity index (χ2v) is 9.72. The fraction of sp³-hybridized carbons (Fsp3) is 0.250. The van der Waals surface area contributed by atoms with Crippen molar-refractivity contribution in [3.63, 3.8) is 0 Å². The quantitative estimate of drug-likeness (QED) is 0.348. The van der Waals surface area contributed by atoms with Gasteiger partial charge in [-0.15, -0.1) is 0 Å². The van der Waals surface area contributed by atoms with Gasteiger partial charge in [-0.2, -0.15) is 0 Å². The molecule has 36 heavy (non-hydrogen) atoms. The van der Waals surface area contributed by atoms with Gasteiger partial charge in [0, 0.05) is 49.3 Å². The molecule has 1 fully saturated rings. The van der Waals surface area contributed by atoms with Crippen LogP contribution in [0.3, 0.4) is 0 Å². The Morgan fingerprint density at radius 2 is 1.72 bits per heavy atom. The van der Waals surface area contributed by atoms with Crippen LogP contribution in [0.4, 0.5) is 11.6 Å². The first-order chi connectivity index (χ1) is 17.4. The van der Waals surface area contributed by atoms with E-state index in [4.69, 9.17) is 0 Å². The molecule has 1 saturated heterocycles. The highest BCUT2D eigenvalue weighted by molar-refractivity contribution is 7.89. The van der Waals surface area contributed by atoms with Crippen molar-refractivity contribution in [1.82, 2.24) is 20.2 Å². The van der Waals surface area contributed by atoms with Crippen molar-refractivity contribution >= 4 is 33.5 Å². The number of amides is 1. The fourth-order valence-corrected chi connectivity index (χ4v) is 4.49. The molecule has 3 aromatic rings. The summed E-state index contributed by atoms with van der Waals surface area (Å²) >= 11 is 0. The lowest BCUT2D eigenvalue weighted by molar-refractivity contribution is -0.146. The van der Waals surface area contributed by atoms with Crippen LogP contribution in [0.15, 0.2) is 78.0 Å². The molecule has 0 unspecified atom stereocenters. The molecule has 0 saturated carbocycles. The molecule has 1 aliphatic rings. The average molecular weight is 511 g/mol. The van der Waals surface area contributed by atoms with Gasteiger partial charge in [0.05, 0.1) is 11.3 Å². The Hall–Kier alpha value is -4.03. The first-order valence-electron chi connectivity index (χ1n) is 11.3. The van der Waals surface area contributed by atoms with Crippen LogP contribution in [0.5, 0.6) is 0 Å². The molecule has 1 atom stereocenters. The Labute approximate surface area is 208 Å². The van der Waals surface area contributed by atoms with Crippen LogP contribution in [-0.2, 0) is 19.7 Å². The second kappa shape index (κ2) is 11.6. The molecule has 4 rings (SSSR count). The van der Waals surface area contributed by atoms with E-state index in [1.807, 2.05) is 12.1 Å². The molecule has 1 aromatic heterocycles. The molecule has 2 heterocycles. The molecule has 0 spiro atoms. The summed E-state index contributed by atoms with van der Waals surface area (Å²) in [5.74, 6) is -0.557. The monoisotopic (exact) mass is 510 g/mol. The van der Waals surface area contributed by atoms with E-state index in [0.29, 0.717) is 11.5 Å². The lowest BCUT2D eigenvalue weighted by Crippen LogP contribution is -2.30. The van der Waals surface area contributed by atoms with Gasteiger partial charge in [0.15, 0.2) is 0 Å². The molecule has 0 radical (unpaired) electrons. The van der Waals surface area contributed by atoms with E-state index < -0.39 is 16.0 Å². The van der Waals surface area contributed by atoms with Gasteiger partial charge in [0.1, 0.15) is 0 Å². The van der Waals surface area contributed by atoms with Gasteiger partial charge in [-0.05, 0) is 53.8 Å². The number of carbonyl (C=O) groups is 2. The zero-order valence-corrected chi connectivity index (χ0v) is 20.1. The van der Waals surface area contributed by atoms with Crippen LogP contribution in [0.2, 0.25) is 0 Å². The Morgan fingerprint density at radius 3 is 2.44 bits per heavy atom. The predicted molar refractivity (Wildman–Crippen MR) is 133 cm³/mol. The third kappa shape index (κ3) is 6.77. The maximum Gasteiger partial charge on any atom is 0.327 e. The fourth-order valence-electron chi connectivity index (χ4n) is 3.67. The molecule has 3 N–H and O–H groups in total. The minimum absolute atomic E-state index is 0.00643. The number of rotatable bonds is 10. The maximum atomic E-state index is 12.4. The summed E-state index contributed by atoms with van der Waals surface area (Å²) in [6, 6.07) is 16.7. The molecule has 2 aromatic carbocycles. The van der Waals surface area contributed by atoms with Gasteiger partial charge >= 0.3 is 5.97 Å². The molecule has 188 valence electrons. The molecule has 11 nitrogen and oxygen atoms in total. The molecule has 0 aliphatic carbocycles. The number of aromatic nitrogens is 2. The average Bonchev–Trinajstić information content (AvgIpc) is 3.37. The third-order valence-corrected chi connectivity index (χ3v) is 6.71. The minimum atomic E-state index is -3.96. The smallest absolute Gasteiger partial charge is 0.327 e. The van der Waals surface area contributed by atoms with Crippen molar-refractivity contribution in [2.45, 2.75) is 23.8 Å². The first kappa shape index (κ1) is 25.1. The van der Waals surface area contributed by atoms with E-state index in [-0.39, 0.29) is 29.8 Å². The van der Waals surface area contributed by atoms with Gasteiger partial charge < -0.3 is 20.4 Å². The van der Waals surface area contributed by atoms with E-state index in [0.717, 1.165) is 25.2 Å². The molecule has 1 aliphatic heterocycles. The Balaban J connectivity index is 1.19. The van der Waals surface area contributed by atoms with Crippen LogP contribution in [-0.4, -0.2) is 55.9 Å². The maximum absolute atomic E-state index is 12.4. The molecule has 0 bridgehead atoms. The van der Waals surface area contributed by atoms with Crippen LogP contribution in [0, 0.1) is 0 Å². The van der Waals surface area contributed by atoms with Crippen molar-refractivity contribution in [1.29, 1.82) is 0 Å². The SMILES string of the molecule is O=C(CCNC(=O)c1ccc(N2CC[C@@H](Nc3ncccn3)C2)cc1)ONS(=O)(=O)c1ccccc1. The number of carbonyl (C=O) groups excluding carboxylic acids is 2. The van der Waals surface area contributed by atoms with Crippen molar-refractivity contribution in [3.05, 3.63) is 78.6 Å². The number of hydrogen-bond acceptors (Lipinski definition) is 9. The Kier molecular flexibility index (Phi) is 8.08. The second-order valence-electron chi connectivity index (χ2n) is 8.08. The van der Waals surface area contributed by atoms with Crippen molar-refractivity contribution in [2.75, 3.05) is 29.9 Å². The molecule has 1 amide bonds. The number of anilines is 2. The summed E-state index contributed by atoms with van der Waals surface area (Å²) in [5, 5.41) is 5.95. The van der Waals surface area contributed by atoms with Crippen molar-refractivity contribution in [3.8, 4) is 0 Å². The summed E-state index contributed by atoms with van der Waals surface area (Å²) in [5.41, 5.74) is 1.45. The number of benzene rings is 2. The van der Waals surface area contributed by atoms with E-state index in [1.165, 1.54) is 12.1 Å². The Bertz CT molecular complexity index is 1270. The van der Waals surface area contributed by atoms with Gasteiger partial charge in [0.25, 0.3) is 15.9 Å².